The molecule has 0 saturated carbocycles. The van der Waals surface area contributed by atoms with Gasteiger partial charge in [-0.05, 0) is 89.6 Å². The second-order valence-corrected chi connectivity index (χ2v) is 15.5. The SMILES string of the molecule is CCCN1\C(=C/C=C/C=C/C2=[N+](CCC(=O)O)c3ccc4ccccc4c3C2(C)Cc2ccccc2)C(C)(Cc2ccccc2)c2c1ccc1ccccc21. The van der Waals surface area contributed by atoms with E-state index in [0.717, 1.165) is 37.2 Å². The van der Waals surface area contributed by atoms with E-state index in [1.54, 1.807) is 0 Å². The second kappa shape index (κ2) is 15.0. The molecule has 4 nitrogen and oxygen atoms in total. The quantitative estimate of drug-likeness (QED) is 0.101. The Labute approximate surface area is 325 Å². The number of anilines is 1. The maximum atomic E-state index is 12.0. The van der Waals surface area contributed by atoms with Gasteiger partial charge in [-0.25, -0.2) is 0 Å². The average Bonchev–Trinajstić information content (AvgIpc) is 3.58. The number of carboxylic acids is 1. The summed E-state index contributed by atoms with van der Waals surface area (Å²) in [6.07, 6.45) is 13.8. The van der Waals surface area contributed by atoms with E-state index < -0.39 is 5.97 Å². The molecule has 0 saturated heterocycles. The lowest BCUT2D eigenvalue weighted by atomic mass is 9.73. The number of carbonyl (C=O) groups is 1. The van der Waals surface area contributed by atoms with Crippen LogP contribution in [0.1, 0.15) is 55.9 Å². The molecule has 0 spiro atoms. The number of benzene rings is 6. The number of hydrogen-bond acceptors (Lipinski definition) is 2. The van der Waals surface area contributed by atoms with E-state index in [9.17, 15) is 9.90 Å². The number of carboxylic acid groups (broad SMARTS) is 1. The lowest BCUT2D eigenvalue weighted by Crippen LogP contribution is -2.34. The molecule has 2 aliphatic rings. The van der Waals surface area contributed by atoms with Gasteiger partial charge in [-0.2, -0.15) is 4.58 Å². The normalized spacial score (nSPS) is 20.1. The highest BCUT2D eigenvalue weighted by Crippen LogP contribution is 2.53. The van der Waals surface area contributed by atoms with Crippen molar-refractivity contribution in [3.8, 4) is 0 Å². The van der Waals surface area contributed by atoms with Crippen LogP contribution in [0.4, 0.5) is 11.4 Å². The van der Waals surface area contributed by atoms with Gasteiger partial charge >= 0.3 is 5.97 Å². The van der Waals surface area contributed by atoms with Crippen molar-refractivity contribution in [2.75, 3.05) is 18.0 Å². The molecular formula is C51H49N2O2+. The van der Waals surface area contributed by atoms with Crippen molar-refractivity contribution < 1.29 is 14.5 Å². The van der Waals surface area contributed by atoms with E-state index in [4.69, 9.17) is 0 Å². The van der Waals surface area contributed by atoms with Gasteiger partial charge in [0.15, 0.2) is 12.3 Å². The number of allylic oxidation sites excluding steroid dienone is 6. The van der Waals surface area contributed by atoms with E-state index in [-0.39, 0.29) is 17.3 Å². The Bertz CT molecular complexity index is 2510. The molecular weight excluding hydrogens is 673 g/mol. The summed E-state index contributed by atoms with van der Waals surface area (Å²) in [7, 11) is 0. The number of aliphatic carboxylic acids is 1. The molecule has 0 aromatic heterocycles. The van der Waals surface area contributed by atoms with Crippen molar-refractivity contribution >= 4 is 44.6 Å². The second-order valence-electron chi connectivity index (χ2n) is 15.5. The molecule has 4 heteroatoms. The van der Waals surface area contributed by atoms with Crippen LogP contribution in [0, 0.1) is 0 Å². The van der Waals surface area contributed by atoms with Crippen LogP contribution in [0.3, 0.4) is 0 Å². The summed E-state index contributed by atoms with van der Waals surface area (Å²) in [6, 6.07) is 47.8. The molecule has 2 aliphatic heterocycles. The monoisotopic (exact) mass is 721 g/mol. The first kappa shape index (κ1) is 36.0. The summed E-state index contributed by atoms with van der Waals surface area (Å²) in [6.45, 7) is 8.34. The third-order valence-electron chi connectivity index (χ3n) is 11.7. The Morgan fingerprint density at radius 2 is 1.25 bits per heavy atom. The minimum Gasteiger partial charge on any atom is -0.481 e. The zero-order valence-corrected chi connectivity index (χ0v) is 32.1. The highest BCUT2D eigenvalue weighted by Gasteiger charge is 2.49. The first-order valence-corrected chi connectivity index (χ1v) is 19.6. The summed E-state index contributed by atoms with van der Waals surface area (Å²) < 4.78 is 2.25. The van der Waals surface area contributed by atoms with E-state index in [0.29, 0.717) is 6.54 Å². The minimum atomic E-state index is -0.797. The fourth-order valence-corrected chi connectivity index (χ4v) is 9.43. The van der Waals surface area contributed by atoms with Gasteiger partial charge in [-0.15, -0.1) is 0 Å². The average molecular weight is 722 g/mol. The third-order valence-corrected chi connectivity index (χ3v) is 11.7. The Balaban J connectivity index is 1.22. The molecule has 1 N–H and O–H groups in total. The molecule has 2 heterocycles. The van der Waals surface area contributed by atoms with Crippen LogP contribution in [-0.2, 0) is 28.5 Å². The fraction of sp³-hybridized carbons (Fsp3) is 0.216. The number of fused-ring (bicyclic) bond motifs is 6. The third kappa shape index (κ3) is 6.61. The molecule has 0 radical (unpaired) electrons. The van der Waals surface area contributed by atoms with Crippen molar-refractivity contribution in [1.82, 2.24) is 0 Å². The first-order valence-electron chi connectivity index (χ1n) is 19.6. The van der Waals surface area contributed by atoms with Gasteiger partial charge in [0.1, 0.15) is 6.42 Å². The maximum Gasteiger partial charge on any atom is 0.309 e. The zero-order valence-electron chi connectivity index (χ0n) is 32.1. The van der Waals surface area contributed by atoms with Crippen LogP contribution in [0.5, 0.6) is 0 Å². The molecule has 6 aromatic rings. The van der Waals surface area contributed by atoms with Crippen LogP contribution < -0.4 is 4.90 Å². The van der Waals surface area contributed by atoms with Crippen LogP contribution in [0.25, 0.3) is 21.5 Å². The topological polar surface area (TPSA) is 43.5 Å². The predicted molar refractivity (Wildman–Crippen MR) is 229 cm³/mol. The van der Waals surface area contributed by atoms with Crippen LogP contribution in [0.15, 0.2) is 170 Å². The Morgan fingerprint density at radius 3 is 1.89 bits per heavy atom. The molecule has 2 unspecified atom stereocenters. The first-order chi connectivity index (χ1) is 26.8. The van der Waals surface area contributed by atoms with Crippen molar-refractivity contribution in [3.63, 3.8) is 0 Å². The van der Waals surface area contributed by atoms with Crippen molar-refractivity contribution in [2.45, 2.75) is 57.3 Å². The molecule has 0 aliphatic carbocycles. The zero-order chi connectivity index (χ0) is 38.0. The lowest BCUT2D eigenvalue weighted by molar-refractivity contribution is -0.436. The largest absolute Gasteiger partial charge is 0.481 e. The summed E-state index contributed by atoms with van der Waals surface area (Å²) in [4.78, 5) is 14.5. The minimum absolute atomic E-state index is 0.0511. The molecule has 0 amide bonds. The number of nitrogens with zero attached hydrogens (tertiary/aromatic N) is 2. The van der Waals surface area contributed by atoms with E-state index in [1.807, 2.05) is 0 Å². The lowest BCUT2D eigenvalue weighted by Gasteiger charge is -2.31. The summed E-state index contributed by atoms with van der Waals surface area (Å²) in [5.74, 6) is -0.797. The van der Waals surface area contributed by atoms with Gasteiger partial charge < -0.3 is 10.0 Å². The van der Waals surface area contributed by atoms with Crippen molar-refractivity contribution in [3.05, 3.63) is 192 Å². The molecule has 8 rings (SSSR count). The summed E-state index contributed by atoms with van der Waals surface area (Å²) >= 11 is 0. The van der Waals surface area contributed by atoms with Crippen LogP contribution in [-0.4, -0.2) is 34.5 Å². The Morgan fingerprint density at radius 1 is 0.673 bits per heavy atom. The smallest absolute Gasteiger partial charge is 0.309 e. The highest BCUT2D eigenvalue weighted by atomic mass is 16.4. The predicted octanol–water partition coefficient (Wildman–Crippen LogP) is 11.5. The number of hydrogen-bond donors (Lipinski definition) is 1. The van der Waals surface area contributed by atoms with Crippen molar-refractivity contribution in [2.24, 2.45) is 0 Å². The van der Waals surface area contributed by atoms with E-state index >= 15 is 0 Å². The van der Waals surface area contributed by atoms with Gasteiger partial charge in [-0.3, -0.25) is 4.79 Å². The van der Waals surface area contributed by atoms with Gasteiger partial charge in [0.25, 0.3) is 0 Å². The molecule has 55 heavy (non-hydrogen) atoms. The summed E-state index contributed by atoms with van der Waals surface area (Å²) in [5, 5.41) is 14.8. The fourth-order valence-electron chi connectivity index (χ4n) is 9.43. The van der Waals surface area contributed by atoms with E-state index in [1.165, 1.54) is 55.2 Å². The molecule has 0 fully saturated rings. The molecule has 6 aromatic carbocycles. The Hall–Kier alpha value is -6.00. The van der Waals surface area contributed by atoms with Gasteiger partial charge in [0.2, 0.25) is 5.69 Å². The van der Waals surface area contributed by atoms with Gasteiger partial charge in [-0.1, -0.05) is 140 Å². The molecule has 274 valence electrons. The van der Waals surface area contributed by atoms with Gasteiger partial charge in [0, 0.05) is 41.1 Å². The highest BCUT2D eigenvalue weighted by molar-refractivity contribution is 6.08. The number of rotatable bonds is 12. The molecule has 2 atom stereocenters. The Kier molecular flexibility index (Phi) is 9.84. The van der Waals surface area contributed by atoms with Crippen LogP contribution >= 0.6 is 0 Å². The standard InChI is InChI=1S/C51H48N2O2/c1-4-33-52-43-30-28-39-22-14-16-24-41(39)48(43)50(2,35-37-18-8-5-9-19-37)45(52)26-12-7-13-27-46-51(3,36-38-20-10-6-11-21-38)49-42-25-17-15-23-40(42)29-31-44(49)53(46)34-32-47(54)55/h5-31H,4,32-36H2,1-3H3/p+1. The maximum absolute atomic E-state index is 12.0. The van der Waals surface area contributed by atoms with Crippen molar-refractivity contribution in [1.29, 1.82) is 0 Å². The van der Waals surface area contributed by atoms with Crippen LogP contribution in [0.2, 0.25) is 0 Å². The summed E-state index contributed by atoms with van der Waals surface area (Å²) in [5.41, 5.74) is 9.39. The van der Waals surface area contributed by atoms with E-state index in [2.05, 4.69) is 194 Å². The molecule has 0 bridgehead atoms. The van der Waals surface area contributed by atoms with Gasteiger partial charge in [0.05, 0.1) is 5.41 Å².